The number of hydrogen-bond donors (Lipinski definition) is 0. The lowest BCUT2D eigenvalue weighted by Crippen LogP contribution is -2.09. The third-order valence-electron chi connectivity index (χ3n) is 2.71. The number of hydrogen-bond acceptors (Lipinski definition) is 5. The zero-order valence-electron chi connectivity index (χ0n) is 11.3. The summed E-state index contributed by atoms with van der Waals surface area (Å²) in [5.74, 6) is 0.179. The van der Waals surface area contributed by atoms with Gasteiger partial charge < -0.3 is 0 Å². The number of sulfone groups is 1. The first-order valence-corrected chi connectivity index (χ1v) is 9.28. The first-order valence-electron chi connectivity index (χ1n) is 6.58. The molecule has 106 valence electrons. The van der Waals surface area contributed by atoms with E-state index in [1.807, 2.05) is 11.4 Å². The highest BCUT2D eigenvalue weighted by Gasteiger charge is 2.14. The topological polar surface area (TPSA) is 70.8 Å². The third kappa shape index (κ3) is 6.69. The van der Waals surface area contributed by atoms with Crippen LogP contribution < -0.4 is 0 Å². The molecule has 0 fully saturated rings. The Balaban J connectivity index is 2.44. The Labute approximate surface area is 119 Å². The quantitative estimate of drug-likeness (QED) is 0.657. The maximum absolute atomic E-state index is 11.9. The smallest absolute Gasteiger partial charge is 0.156 e. The Bertz CT molecular complexity index is 515. The molecule has 0 aliphatic carbocycles. The van der Waals surface area contributed by atoms with Crippen LogP contribution >= 0.6 is 11.3 Å². The molecule has 19 heavy (non-hydrogen) atoms. The van der Waals surface area contributed by atoms with Crippen LogP contribution in [0.25, 0.3) is 0 Å². The van der Waals surface area contributed by atoms with Gasteiger partial charge in [-0.25, -0.2) is 13.4 Å². The summed E-state index contributed by atoms with van der Waals surface area (Å²) < 4.78 is 23.7. The van der Waals surface area contributed by atoms with Crippen molar-refractivity contribution in [1.29, 1.82) is 5.26 Å². The van der Waals surface area contributed by atoms with Crippen LogP contribution in [0.1, 0.15) is 49.7 Å². The Morgan fingerprint density at radius 2 is 2.16 bits per heavy atom. The van der Waals surface area contributed by atoms with Gasteiger partial charge in [0.2, 0.25) is 0 Å². The lowest BCUT2D eigenvalue weighted by Gasteiger charge is -2.01. The fraction of sp³-hybridized carbons (Fsp3) is 0.692. The van der Waals surface area contributed by atoms with E-state index in [0.29, 0.717) is 25.0 Å². The van der Waals surface area contributed by atoms with Crippen LogP contribution in [0.3, 0.4) is 0 Å². The van der Waals surface area contributed by atoms with Crippen LogP contribution in [0.4, 0.5) is 0 Å². The standard InChI is InChI=1S/C13H20N2O2S2/c1-2-3-7-13-15-12(10-18-13)11-19(16,17)9-6-4-5-8-14/h10H,2-7,9,11H2,1H3. The van der Waals surface area contributed by atoms with Crippen LogP contribution in [0, 0.1) is 11.3 Å². The van der Waals surface area contributed by atoms with Gasteiger partial charge >= 0.3 is 0 Å². The van der Waals surface area contributed by atoms with Crippen LogP contribution in [-0.2, 0) is 22.0 Å². The van der Waals surface area contributed by atoms with Gasteiger partial charge in [-0.05, 0) is 25.7 Å². The minimum Gasteiger partial charge on any atom is -0.245 e. The van der Waals surface area contributed by atoms with E-state index in [-0.39, 0.29) is 11.5 Å². The molecule has 1 heterocycles. The number of unbranched alkanes of at least 4 members (excludes halogenated alkanes) is 3. The second kappa shape index (κ2) is 8.28. The fourth-order valence-corrected chi connectivity index (χ4v) is 4.01. The predicted molar refractivity (Wildman–Crippen MR) is 77.7 cm³/mol. The Morgan fingerprint density at radius 1 is 1.37 bits per heavy atom. The molecule has 1 aromatic rings. The Hall–Kier alpha value is -0.930. The number of rotatable bonds is 9. The molecule has 6 heteroatoms. The molecule has 0 aliphatic rings. The number of nitrogens with zero attached hydrogens (tertiary/aromatic N) is 2. The summed E-state index contributed by atoms with van der Waals surface area (Å²) in [7, 11) is -3.09. The highest BCUT2D eigenvalue weighted by molar-refractivity contribution is 7.90. The SMILES string of the molecule is CCCCc1nc(CS(=O)(=O)CCCCC#N)cs1. The first-order chi connectivity index (χ1) is 9.07. The average Bonchev–Trinajstić information content (AvgIpc) is 2.79. The number of aryl methyl sites for hydroxylation is 1. The zero-order valence-corrected chi connectivity index (χ0v) is 12.9. The molecule has 0 saturated carbocycles. The van der Waals surface area contributed by atoms with Crippen molar-refractivity contribution in [1.82, 2.24) is 4.98 Å². The van der Waals surface area contributed by atoms with E-state index in [4.69, 9.17) is 5.26 Å². The molecule has 0 amide bonds. The number of nitriles is 1. The second-order valence-corrected chi connectivity index (χ2v) is 7.67. The van der Waals surface area contributed by atoms with Gasteiger partial charge in [-0.2, -0.15) is 5.26 Å². The largest absolute Gasteiger partial charge is 0.245 e. The molecule has 1 rings (SSSR count). The maximum atomic E-state index is 11.9. The molecule has 1 aromatic heterocycles. The monoisotopic (exact) mass is 300 g/mol. The molecule has 0 unspecified atom stereocenters. The minimum atomic E-state index is -3.09. The first kappa shape index (κ1) is 16.1. The van der Waals surface area contributed by atoms with Crippen molar-refractivity contribution in [2.24, 2.45) is 0 Å². The van der Waals surface area contributed by atoms with Crippen molar-refractivity contribution in [3.8, 4) is 6.07 Å². The lowest BCUT2D eigenvalue weighted by atomic mass is 10.3. The molecule has 0 aliphatic heterocycles. The van der Waals surface area contributed by atoms with Crippen LogP contribution in [0.15, 0.2) is 5.38 Å². The molecule has 0 saturated heterocycles. The van der Waals surface area contributed by atoms with Crippen molar-refractivity contribution in [3.63, 3.8) is 0 Å². The van der Waals surface area contributed by atoms with E-state index in [1.165, 1.54) is 0 Å². The van der Waals surface area contributed by atoms with Gasteiger partial charge in [0.1, 0.15) is 0 Å². The summed E-state index contributed by atoms with van der Waals surface area (Å²) >= 11 is 1.54. The number of thiazole rings is 1. The highest BCUT2D eigenvalue weighted by Crippen LogP contribution is 2.15. The Morgan fingerprint density at radius 3 is 2.84 bits per heavy atom. The van der Waals surface area contributed by atoms with Crippen molar-refractivity contribution in [3.05, 3.63) is 16.1 Å². The third-order valence-corrected chi connectivity index (χ3v) is 5.31. The zero-order chi connectivity index (χ0) is 14.1. The molecular formula is C13H20N2O2S2. The molecule has 4 nitrogen and oxygen atoms in total. The summed E-state index contributed by atoms with van der Waals surface area (Å²) in [6.07, 6.45) is 4.77. The summed E-state index contributed by atoms with van der Waals surface area (Å²) in [5.41, 5.74) is 0.663. The summed E-state index contributed by atoms with van der Waals surface area (Å²) in [4.78, 5) is 4.36. The molecule has 0 atom stereocenters. The van der Waals surface area contributed by atoms with Crippen molar-refractivity contribution >= 4 is 21.2 Å². The van der Waals surface area contributed by atoms with Gasteiger partial charge in [-0.1, -0.05) is 13.3 Å². The van der Waals surface area contributed by atoms with Gasteiger partial charge in [-0.3, -0.25) is 0 Å². The summed E-state index contributed by atoms with van der Waals surface area (Å²) in [5, 5.41) is 11.3. The van der Waals surface area contributed by atoms with E-state index in [0.717, 1.165) is 24.3 Å². The molecule has 0 aromatic carbocycles. The fourth-order valence-electron chi connectivity index (χ4n) is 1.68. The summed E-state index contributed by atoms with van der Waals surface area (Å²) in [6.45, 7) is 2.13. The molecular weight excluding hydrogens is 280 g/mol. The van der Waals surface area contributed by atoms with E-state index in [9.17, 15) is 8.42 Å². The molecule has 0 radical (unpaired) electrons. The Kier molecular flexibility index (Phi) is 7.03. The van der Waals surface area contributed by atoms with Gasteiger partial charge in [0, 0.05) is 11.8 Å². The van der Waals surface area contributed by atoms with Crippen LogP contribution in [0.5, 0.6) is 0 Å². The van der Waals surface area contributed by atoms with Crippen molar-refractivity contribution < 1.29 is 8.42 Å². The van der Waals surface area contributed by atoms with Gasteiger partial charge in [0.15, 0.2) is 9.84 Å². The number of aromatic nitrogens is 1. The molecule has 0 bridgehead atoms. The van der Waals surface area contributed by atoms with E-state index in [2.05, 4.69) is 11.9 Å². The van der Waals surface area contributed by atoms with Crippen molar-refractivity contribution in [2.75, 3.05) is 5.75 Å². The minimum absolute atomic E-state index is 0.0299. The summed E-state index contributed by atoms with van der Waals surface area (Å²) in [6, 6.07) is 2.02. The van der Waals surface area contributed by atoms with Gasteiger partial charge in [-0.15, -0.1) is 11.3 Å². The van der Waals surface area contributed by atoms with E-state index in [1.54, 1.807) is 11.3 Å². The molecule has 0 N–H and O–H groups in total. The second-order valence-electron chi connectivity index (χ2n) is 4.54. The predicted octanol–water partition coefficient (Wildman–Crippen LogP) is 3.09. The van der Waals surface area contributed by atoms with E-state index < -0.39 is 9.84 Å². The lowest BCUT2D eigenvalue weighted by molar-refractivity contribution is 0.590. The van der Waals surface area contributed by atoms with Crippen LogP contribution in [-0.4, -0.2) is 19.2 Å². The molecule has 0 spiro atoms. The van der Waals surface area contributed by atoms with Gasteiger partial charge in [0.25, 0.3) is 0 Å². The normalized spacial score (nSPS) is 11.4. The van der Waals surface area contributed by atoms with Gasteiger partial charge in [0.05, 0.1) is 28.3 Å². The van der Waals surface area contributed by atoms with Crippen molar-refractivity contribution in [2.45, 2.75) is 51.2 Å². The van der Waals surface area contributed by atoms with Crippen LogP contribution in [0.2, 0.25) is 0 Å². The average molecular weight is 300 g/mol. The highest BCUT2D eigenvalue weighted by atomic mass is 32.2. The maximum Gasteiger partial charge on any atom is 0.156 e. The van der Waals surface area contributed by atoms with E-state index >= 15 is 0 Å².